The van der Waals surface area contributed by atoms with E-state index in [1.807, 2.05) is 0 Å². The summed E-state index contributed by atoms with van der Waals surface area (Å²) >= 11 is 0. The third kappa shape index (κ3) is 2.71. The molecule has 0 saturated heterocycles. The maximum absolute atomic E-state index is 14.4. The number of carbonyl (C=O) groups excluding carboxylic acids is 1. The van der Waals surface area contributed by atoms with Gasteiger partial charge in [-0.2, -0.15) is 0 Å². The van der Waals surface area contributed by atoms with Crippen molar-refractivity contribution in [3.05, 3.63) is 12.3 Å². The standard InChI is InChI=1S/C13H19F3N2O4S/c1-4-22-10(19)13(9(14)5-6-18(13)3)23(20,21)17-11(2)7-12(15,16)8-11/h5-6,9,17H,4,7-8H2,1-3H3. The highest BCUT2D eigenvalue weighted by Gasteiger charge is 2.66. The number of hydrogen-bond acceptors (Lipinski definition) is 5. The van der Waals surface area contributed by atoms with Crippen molar-refractivity contribution in [1.29, 1.82) is 0 Å². The zero-order chi connectivity index (χ0) is 17.7. The molecule has 0 spiro atoms. The molecular weight excluding hydrogens is 337 g/mol. The average molecular weight is 356 g/mol. The minimum absolute atomic E-state index is 0.147. The molecule has 23 heavy (non-hydrogen) atoms. The summed E-state index contributed by atoms with van der Waals surface area (Å²) in [6.45, 7) is 2.59. The van der Waals surface area contributed by atoms with Crippen LogP contribution in [0.25, 0.3) is 0 Å². The van der Waals surface area contributed by atoms with Gasteiger partial charge < -0.3 is 9.64 Å². The minimum Gasteiger partial charge on any atom is -0.463 e. The molecule has 1 saturated carbocycles. The zero-order valence-corrected chi connectivity index (χ0v) is 13.8. The Morgan fingerprint density at radius 3 is 2.39 bits per heavy atom. The van der Waals surface area contributed by atoms with Gasteiger partial charge in [0.25, 0.3) is 20.8 Å². The fraction of sp³-hybridized carbons (Fsp3) is 0.769. The molecule has 1 aliphatic heterocycles. The van der Waals surface area contributed by atoms with Gasteiger partial charge in [-0.05, 0) is 26.1 Å². The first-order valence-corrected chi connectivity index (χ1v) is 8.52. The smallest absolute Gasteiger partial charge is 0.353 e. The summed E-state index contributed by atoms with van der Waals surface area (Å²) in [5.41, 5.74) is -1.44. The largest absolute Gasteiger partial charge is 0.463 e. The second kappa shape index (κ2) is 5.37. The molecule has 1 fully saturated rings. The summed E-state index contributed by atoms with van der Waals surface area (Å²) in [5, 5.41) is 0. The molecule has 2 aliphatic rings. The van der Waals surface area contributed by atoms with E-state index in [0.29, 0.717) is 0 Å². The first-order chi connectivity index (χ1) is 10.4. The van der Waals surface area contributed by atoms with Gasteiger partial charge in [-0.1, -0.05) is 0 Å². The molecule has 2 unspecified atom stereocenters. The van der Waals surface area contributed by atoms with Crippen molar-refractivity contribution in [3.8, 4) is 0 Å². The van der Waals surface area contributed by atoms with E-state index >= 15 is 0 Å². The number of halogens is 3. The molecule has 1 aliphatic carbocycles. The van der Waals surface area contributed by atoms with E-state index in [4.69, 9.17) is 4.74 Å². The summed E-state index contributed by atoms with van der Waals surface area (Å²) in [4.78, 5) is 10.5. The Balaban J connectivity index is 2.38. The molecule has 10 heteroatoms. The van der Waals surface area contributed by atoms with Crippen LogP contribution in [0.5, 0.6) is 0 Å². The summed E-state index contributed by atoms with van der Waals surface area (Å²) in [6.07, 6.45) is -1.60. The van der Waals surface area contributed by atoms with Crippen LogP contribution in [0.1, 0.15) is 26.7 Å². The number of alkyl halides is 3. The second-order valence-electron chi connectivity index (χ2n) is 6.15. The van der Waals surface area contributed by atoms with Crippen LogP contribution in [0.15, 0.2) is 12.3 Å². The highest BCUT2D eigenvalue weighted by Crippen LogP contribution is 2.47. The lowest BCUT2D eigenvalue weighted by Gasteiger charge is -2.47. The number of ether oxygens (including phenoxy) is 1. The van der Waals surface area contributed by atoms with Gasteiger partial charge in [0.15, 0.2) is 6.17 Å². The van der Waals surface area contributed by atoms with Crippen LogP contribution < -0.4 is 4.72 Å². The fourth-order valence-electron chi connectivity index (χ4n) is 3.14. The molecule has 0 aromatic carbocycles. The maximum atomic E-state index is 14.4. The first kappa shape index (κ1) is 18.1. The zero-order valence-electron chi connectivity index (χ0n) is 13.0. The summed E-state index contributed by atoms with van der Waals surface area (Å²) < 4.78 is 72.9. The van der Waals surface area contributed by atoms with E-state index in [0.717, 1.165) is 17.2 Å². The molecule has 0 radical (unpaired) electrons. The van der Waals surface area contributed by atoms with Crippen LogP contribution >= 0.6 is 0 Å². The summed E-state index contributed by atoms with van der Waals surface area (Å²) in [7, 11) is -3.47. The van der Waals surface area contributed by atoms with Gasteiger partial charge in [0.05, 0.1) is 6.61 Å². The van der Waals surface area contributed by atoms with Gasteiger partial charge in [0.2, 0.25) is 0 Å². The van der Waals surface area contributed by atoms with Gasteiger partial charge in [-0.25, -0.2) is 31.1 Å². The van der Waals surface area contributed by atoms with Gasteiger partial charge in [0.1, 0.15) is 0 Å². The summed E-state index contributed by atoms with van der Waals surface area (Å²) in [6, 6.07) is 0. The Kier molecular flexibility index (Phi) is 4.21. The third-order valence-electron chi connectivity index (χ3n) is 4.03. The van der Waals surface area contributed by atoms with Crippen LogP contribution in [0.2, 0.25) is 0 Å². The number of likely N-dealkylation sites (N-methyl/N-ethyl adjacent to an activating group) is 1. The molecule has 132 valence electrons. The number of esters is 1. The molecule has 1 heterocycles. The SMILES string of the molecule is CCOC(=O)C1(S(=O)(=O)NC2(C)CC(F)(F)C2)C(F)C=CN1C. The van der Waals surface area contributed by atoms with E-state index in [1.165, 1.54) is 20.9 Å². The Bertz CT molecular complexity index is 615. The van der Waals surface area contributed by atoms with Crippen LogP contribution in [0, 0.1) is 0 Å². The Labute approximate surface area is 132 Å². The van der Waals surface area contributed by atoms with Crippen molar-refractivity contribution < 1.29 is 31.1 Å². The second-order valence-corrected chi connectivity index (χ2v) is 7.98. The number of rotatable bonds is 5. The van der Waals surface area contributed by atoms with Crippen molar-refractivity contribution in [2.45, 2.75) is 49.2 Å². The molecule has 2 atom stereocenters. The predicted octanol–water partition coefficient (Wildman–Crippen LogP) is 1.15. The van der Waals surface area contributed by atoms with Crippen molar-refractivity contribution in [2.24, 2.45) is 0 Å². The van der Waals surface area contributed by atoms with Crippen molar-refractivity contribution >= 4 is 16.0 Å². The Morgan fingerprint density at radius 2 is 2.00 bits per heavy atom. The lowest BCUT2D eigenvalue weighted by atomic mass is 9.76. The van der Waals surface area contributed by atoms with Crippen LogP contribution in [-0.4, -0.2) is 55.4 Å². The normalized spacial score (nSPS) is 31.7. The monoisotopic (exact) mass is 356 g/mol. The minimum atomic E-state index is -4.68. The number of nitrogens with one attached hydrogen (secondary N) is 1. The van der Waals surface area contributed by atoms with Crippen LogP contribution in [-0.2, 0) is 19.6 Å². The van der Waals surface area contributed by atoms with E-state index in [9.17, 15) is 26.4 Å². The Hall–Kier alpha value is -1.29. The van der Waals surface area contributed by atoms with Gasteiger partial charge in [-0.3, -0.25) is 0 Å². The summed E-state index contributed by atoms with van der Waals surface area (Å²) in [5.74, 6) is -4.27. The van der Waals surface area contributed by atoms with E-state index < -0.39 is 51.3 Å². The lowest BCUT2D eigenvalue weighted by molar-refractivity contribution is -0.151. The molecule has 0 bridgehead atoms. The van der Waals surface area contributed by atoms with Crippen molar-refractivity contribution in [3.63, 3.8) is 0 Å². The van der Waals surface area contributed by atoms with E-state index in [1.54, 1.807) is 0 Å². The van der Waals surface area contributed by atoms with Gasteiger partial charge in [-0.15, -0.1) is 0 Å². The van der Waals surface area contributed by atoms with Crippen LogP contribution in [0.3, 0.4) is 0 Å². The highest BCUT2D eigenvalue weighted by molar-refractivity contribution is 7.91. The van der Waals surface area contributed by atoms with E-state index in [2.05, 4.69) is 4.72 Å². The number of sulfonamides is 1. The first-order valence-electron chi connectivity index (χ1n) is 7.04. The van der Waals surface area contributed by atoms with Gasteiger partial charge in [0, 0.05) is 25.4 Å². The molecule has 2 rings (SSSR count). The molecule has 1 N–H and O–H groups in total. The third-order valence-corrected chi connectivity index (χ3v) is 6.29. The molecular formula is C13H19F3N2O4S. The van der Waals surface area contributed by atoms with Gasteiger partial charge >= 0.3 is 5.97 Å². The number of carbonyl (C=O) groups is 1. The molecule has 6 nitrogen and oxygen atoms in total. The fourth-order valence-corrected chi connectivity index (χ4v) is 5.19. The van der Waals surface area contributed by atoms with Crippen molar-refractivity contribution in [2.75, 3.05) is 13.7 Å². The van der Waals surface area contributed by atoms with Crippen molar-refractivity contribution in [1.82, 2.24) is 9.62 Å². The average Bonchev–Trinajstić information content (AvgIpc) is 2.62. The Morgan fingerprint density at radius 1 is 1.43 bits per heavy atom. The molecule has 0 aromatic heterocycles. The molecule has 0 amide bonds. The quantitative estimate of drug-likeness (QED) is 0.748. The van der Waals surface area contributed by atoms with Crippen LogP contribution in [0.4, 0.5) is 13.2 Å². The number of nitrogens with zero attached hydrogens (tertiary/aromatic N) is 1. The molecule has 0 aromatic rings. The lowest BCUT2D eigenvalue weighted by Crippen LogP contribution is -2.69. The van der Waals surface area contributed by atoms with E-state index in [-0.39, 0.29) is 6.61 Å². The predicted molar refractivity (Wildman–Crippen MR) is 75.8 cm³/mol. The maximum Gasteiger partial charge on any atom is 0.353 e. The highest BCUT2D eigenvalue weighted by atomic mass is 32.2. The number of hydrogen-bond donors (Lipinski definition) is 1. The topological polar surface area (TPSA) is 75.7 Å².